The molecule has 1 aromatic heterocycles. The van der Waals surface area contributed by atoms with Gasteiger partial charge >= 0.3 is 0 Å². The maximum Gasteiger partial charge on any atom is 0.167 e. The van der Waals surface area contributed by atoms with Crippen LogP contribution in [0.15, 0.2) is 30.3 Å². The zero-order valence-electron chi connectivity index (χ0n) is 9.10. The van der Waals surface area contributed by atoms with Crippen molar-refractivity contribution in [3.05, 3.63) is 41.6 Å². The molecule has 0 spiro atoms. The van der Waals surface area contributed by atoms with Crippen LogP contribution >= 0.6 is 0 Å². The molecule has 0 atom stereocenters. The van der Waals surface area contributed by atoms with E-state index < -0.39 is 0 Å². The minimum atomic E-state index is 0.224. The molecule has 0 N–H and O–H groups in total. The summed E-state index contributed by atoms with van der Waals surface area (Å²) in [6.45, 7) is 0. The van der Waals surface area contributed by atoms with Crippen molar-refractivity contribution in [1.82, 2.24) is 9.78 Å². The minimum Gasteiger partial charge on any atom is -0.294 e. The van der Waals surface area contributed by atoms with E-state index in [2.05, 4.69) is 5.10 Å². The van der Waals surface area contributed by atoms with Gasteiger partial charge < -0.3 is 0 Å². The van der Waals surface area contributed by atoms with Crippen molar-refractivity contribution in [2.24, 2.45) is 7.05 Å². The van der Waals surface area contributed by atoms with Gasteiger partial charge in [0.2, 0.25) is 0 Å². The molecule has 0 amide bonds. The highest BCUT2D eigenvalue weighted by atomic mass is 16.1. The third-order valence-electron chi connectivity index (χ3n) is 3.08. The number of carbonyl (C=O) groups is 1. The van der Waals surface area contributed by atoms with E-state index in [9.17, 15) is 4.79 Å². The summed E-state index contributed by atoms with van der Waals surface area (Å²) >= 11 is 0. The molecule has 0 saturated heterocycles. The maximum atomic E-state index is 11.8. The molecule has 0 radical (unpaired) electrons. The predicted molar refractivity (Wildman–Crippen MR) is 61.3 cm³/mol. The molecule has 0 aliphatic heterocycles. The Morgan fingerprint density at radius 1 is 1.19 bits per heavy atom. The topological polar surface area (TPSA) is 34.9 Å². The van der Waals surface area contributed by atoms with Crippen LogP contribution in [-0.4, -0.2) is 15.6 Å². The van der Waals surface area contributed by atoms with E-state index in [1.807, 2.05) is 42.1 Å². The molecular formula is C13H12N2O. The average Bonchev–Trinajstić information content (AvgIpc) is 2.83. The van der Waals surface area contributed by atoms with Crippen molar-refractivity contribution in [3.8, 4) is 11.3 Å². The first kappa shape index (κ1) is 9.33. The summed E-state index contributed by atoms with van der Waals surface area (Å²) in [7, 11) is 1.91. The molecule has 80 valence electrons. The van der Waals surface area contributed by atoms with Gasteiger partial charge in [0, 0.05) is 24.7 Å². The molecule has 0 saturated carbocycles. The molecule has 3 heteroatoms. The SMILES string of the molecule is Cn1nc(-c2ccccc2)c2c1CCC2=O. The highest BCUT2D eigenvalue weighted by Crippen LogP contribution is 2.31. The van der Waals surface area contributed by atoms with Crippen molar-refractivity contribution in [2.75, 3.05) is 0 Å². The number of Topliss-reactive ketones (excluding diaryl/α,β-unsaturated/α-hetero) is 1. The normalized spacial score (nSPS) is 14.2. The number of carbonyl (C=O) groups excluding carboxylic acids is 1. The number of nitrogens with zero attached hydrogens (tertiary/aromatic N) is 2. The molecule has 2 aromatic rings. The van der Waals surface area contributed by atoms with Crippen LogP contribution < -0.4 is 0 Å². The van der Waals surface area contributed by atoms with Gasteiger partial charge in [-0.1, -0.05) is 30.3 Å². The van der Waals surface area contributed by atoms with Crippen molar-refractivity contribution in [3.63, 3.8) is 0 Å². The van der Waals surface area contributed by atoms with Crippen LogP contribution in [0.1, 0.15) is 22.5 Å². The fourth-order valence-electron chi connectivity index (χ4n) is 2.29. The highest BCUT2D eigenvalue weighted by Gasteiger charge is 2.28. The second-order valence-electron chi connectivity index (χ2n) is 4.08. The first-order valence-electron chi connectivity index (χ1n) is 5.42. The lowest BCUT2D eigenvalue weighted by atomic mass is 10.1. The monoisotopic (exact) mass is 212 g/mol. The van der Waals surface area contributed by atoms with Gasteiger partial charge in [0.15, 0.2) is 5.78 Å². The summed E-state index contributed by atoms with van der Waals surface area (Å²) in [5.74, 6) is 0.224. The molecular weight excluding hydrogens is 200 g/mol. The van der Waals surface area contributed by atoms with Crippen LogP contribution in [0.25, 0.3) is 11.3 Å². The Balaban J connectivity index is 2.24. The first-order chi connectivity index (χ1) is 7.77. The van der Waals surface area contributed by atoms with Gasteiger partial charge in [0.25, 0.3) is 0 Å². The van der Waals surface area contributed by atoms with Crippen LogP contribution in [0.2, 0.25) is 0 Å². The smallest absolute Gasteiger partial charge is 0.167 e. The van der Waals surface area contributed by atoms with Crippen LogP contribution in [0.4, 0.5) is 0 Å². The van der Waals surface area contributed by atoms with Crippen molar-refractivity contribution >= 4 is 5.78 Å². The second kappa shape index (κ2) is 3.30. The summed E-state index contributed by atoms with van der Waals surface area (Å²) in [6, 6.07) is 9.89. The maximum absolute atomic E-state index is 11.8. The molecule has 1 aliphatic carbocycles. The van der Waals surface area contributed by atoms with Gasteiger partial charge in [0.05, 0.1) is 5.56 Å². The van der Waals surface area contributed by atoms with Gasteiger partial charge in [-0.15, -0.1) is 0 Å². The Labute approximate surface area is 93.7 Å². The van der Waals surface area contributed by atoms with Gasteiger partial charge in [0.1, 0.15) is 5.69 Å². The van der Waals surface area contributed by atoms with E-state index >= 15 is 0 Å². The lowest BCUT2D eigenvalue weighted by Gasteiger charge is -1.98. The van der Waals surface area contributed by atoms with E-state index in [1.165, 1.54) is 0 Å². The predicted octanol–water partition coefficient (Wildman–Crippen LogP) is 2.22. The van der Waals surface area contributed by atoms with Crippen LogP contribution in [0.5, 0.6) is 0 Å². The summed E-state index contributed by atoms with van der Waals surface area (Å²) < 4.78 is 1.84. The highest BCUT2D eigenvalue weighted by molar-refractivity contribution is 6.05. The summed E-state index contributed by atoms with van der Waals surface area (Å²) in [5.41, 5.74) is 3.76. The largest absolute Gasteiger partial charge is 0.294 e. The molecule has 0 unspecified atom stereocenters. The Morgan fingerprint density at radius 3 is 2.69 bits per heavy atom. The Morgan fingerprint density at radius 2 is 1.94 bits per heavy atom. The number of ketones is 1. The van der Waals surface area contributed by atoms with Gasteiger partial charge in [-0.25, -0.2) is 0 Å². The zero-order valence-corrected chi connectivity index (χ0v) is 9.10. The first-order valence-corrected chi connectivity index (χ1v) is 5.42. The molecule has 1 heterocycles. The quantitative estimate of drug-likeness (QED) is 0.726. The number of aryl methyl sites for hydroxylation is 1. The molecule has 0 fully saturated rings. The molecule has 1 aromatic carbocycles. The van der Waals surface area contributed by atoms with E-state index in [0.717, 1.165) is 28.9 Å². The van der Waals surface area contributed by atoms with Gasteiger partial charge in [-0.05, 0) is 6.42 Å². The van der Waals surface area contributed by atoms with Gasteiger partial charge in [-0.2, -0.15) is 5.10 Å². The standard InChI is InChI=1S/C13H12N2O/c1-15-10-7-8-11(16)12(10)13(14-15)9-5-3-2-4-6-9/h2-6H,7-8H2,1H3. The summed E-state index contributed by atoms with van der Waals surface area (Å²) in [5, 5.41) is 4.45. The molecule has 16 heavy (non-hydrogen) atoms. The van der Waals surface area contributed by atoms with Crippen LogP contribution in [-0.2, 0) is 13.5 Å². The zero-order chi connectivity index (χ0) is 11.1. The Hall–Kier alpha value is -1.90. The second-order valence-corrected chi connectivity index (χ2v) is 4.08. The molecule has 3 rings (SSSR count). The number of fused-ring (bicyclic) bond motifs is 1. The number of hydrogen-bond donors (Lipinski definition) is 0. The molecule has 1 aliphatic rings. The van der Waals surface area contributed by atoms with Crippen molar-refractivity contribution in [2.45, 2.75) is 12.8 Å². The minimum absolute atomic E-state index is 0.224. The number of benzene rings is 1. The van der Waals surface area contributed by atoms with E-state index in [-0.39, 0.29) is 5.78 Å². The lowest BCUT2D eigenvalue weighted by Crippen LogP contribution is -1.96. The van der Waals surface area contributed by atoms with Crippen molar-refractivity contribution < 1.29 is 4.79 Å². The van der Waals surface area contributed by atoms with Crippen LogP contribution in [0.3, 0.4) is 0 Å². The van der Waals surface area contributed by atoms with Crippen molar-refractivity contribution in [1.29, 1.82) is 0 Å². The number of hydrogen-bond acceptors (Lipinski definition) is 2. The lowest BCUT2D eigenvalue weighted by molar-refractivity contribution is 0.0995. The van der Waals surface area contributed by atoms with Gasteiger partial charge in [-0.3, -0.25) is 9.48 Å². The van der Waals surface area contributed by atoms with E-state index in [4.69, 9.17) is 0 Å². The number of aromatic nitrogens is 2. The summed E-state index contributed by atoms with van der Waals surface area (Å²) in [6.07, 6.45) is 1.45. The van der Waals surface area contributed by atoms with E-state index in [0.29, 0.717) is 6.42 Å². The Bertz CT molecular complexity index is 555. The molecule has 0 bridgehead atoms. The fraction of sp³-hybridized carbons (Fsp3) is 0.231. The number of rotatable bonds is 1. The third kappa shape index (κ3) is 1.21. The molecule has 3 nitrogen and oxygen atoms in total. The average molecular weight is 212 g/mol. The summed E-state index contributed by atoms with van der Waals surface area (Å²) in [4.78, 5) is 11.8. The van der Waals surface area contributed by atoms with Crippen LogP contribution in [0, 0.1) is 0 Å². The van der Waals surface area contributed by atoms with E-state index in [1.54, 1.807) is 0 Å². The fourth-order valence-corrected chi connectivity index (χ4v) is 2.29. The third-order valence-corrected chi connectivity index (χ3v) is 3.08. The Kier molecular flexibility index (Phi) is 1.93.